The fraction of sp³-hybridized carbons (Fsp3) is 0.158. The lowest BCUT2D eigenvalue weighted by atomic mass is 9.94. The maximum Gasteiger partial charge on any atom is 0.353 e. The van der Waals surface area contributed by atoms with Gasteiger partial charge in [0.05, 0.1) is 0 Å². The van der Waals surface area contributed by atoms with Gasteiger partial charge < -0.3 is 5.11 Å². The van der Waals surface area contributed by atoms with Gasteiger partial charge in [-0.25, -0.2) is 9.18 Å². The van der Waals surface area contributed by atoms with Gasteiger partial charge in [0.25, 0.3) is 5.56 Å². The normalized spacial score (nSPS) is 11.2. The molecule has 0 radical (unpaired) electrons. The molecule has 0 amide bonds. The Morgan fingerprint density at radius 1 is 1.04 bits per heavy atom. The number of nitrogens with zero attached hydrogens (tertiary/aromatic N) is 1. The molecule has 3 aromatic rings. The van der Waals surface area contributed by atoms with E-state index in [1.165, 1.54) is 24.3 Å². The molecule has 1 N–H and O–H groups in total. The second-order valence-electron chi connectivity index (χ2n) is 5.88. The minimum atomic E-state index is -1.19. The molecule has 0 saturated carbocycles. The van der Waals surface area contributed by atoms with Crippen molar-refractivity contribution < 1.29 is 14.3 Å². The predicted molar refractivity (Wildman–Crippen MR) is 90.6 cm³/mol. The molecule has 0 fully saturated rings. The van der Waals surface area contributed by atoms with Gasteiger partial charge in [-0.05, 0) is 47.2 Å². The number of hydrogen-bond donors (Lipinski definition) is 1. The zero-order valence-corrected chi connectivity index (χ0v) is 13.3. The molecule has 4 nitrogen and oxygen atoms in total. The maximum atomic E-state index is 13.2. The lowest BCUT2D eigenvalue weighted by Crippen LogP contribution is -2.27. The monoisotopic (exact) mass is 325 g/mol. The van der Waals surface area contributed by atoms with E-state index < -0.39 is 17.3 Å². The fourth-order valence-electron chi connectivity index (χ4n) is 3.01. The van der Waals surface area contributed by atoms with E-state index in [2.05, 4.69) is 0 Å². The summed E-state index contributed by atoms with van der Waals surface area (Å²) in [6.07, 6.45) is 0. The molecule has 3 rings (SSSR count). The third-order valence-electron chi connectivity index (χ3n) is 3.99. The van der Waals surface area contributed by atoms with E-state index in [0.717, 1.165) is 4.57 Å². The van der Waals surface area contributed by atoms with Gasteiger partial charge in [0, 0.05) is 11.1 Å². The summed E-state index contributed by atoms with van der Waals surface area (Å²) in [5.41, 5.74) is 0.396. The van der Waals surface area contributed by atoms with Gasteiger partial charge in [0.15, 0.2) is 0 Å². The van der Waals surface area contributed by atoms with Crippen LogP contribution in [0.2, 0.25) is 0 Å². The Hall–Kier alpha value is -2.95. The molecule has 0 spiro atoms. The average molecular weight is 325 g/mol. The van der Waals surface area contributed by atoms with Crippen molar-refractivity contribution in [2.45, 2.75) is 19.8 Å². The number of fused-ring (bicyclic) bond motifs is 1. The third-order valence-corrected chi connectivity index (χ3v) is 3.99. The van der Waals surface area contributed by atoms with Crippen LogP contribution in [0.1, 0.15) is 35.8 Å². The minimum absolute atomic E-state index is 0.0830. The summed E-state index contributed by atoms with van der Waals surface area (Å²) in [5, 5.41) is 10.8. The number of halogens is 1. The molecule has 122 valence electrons. The quantitative estimate of drug-likeness (QED) is 0.793. The minimum Gasteiger partial charge on any atom is -0.477 e. The summed E-state index contributed by atoms with van der Waals surface area (Å²) in [7, 11) is 0. The van der Waals surface area contributed by atoms with Crippen molar-refractivity contribution in [1.82, 2.24) is 4.57 Å². The molecule has 1 heterocycles. The second-order valence-corrected chi connectivity index (χ2v) is 5.88. The van der Waals surface area contributed by atoms with E-state index in [-0.39, 0.29) is 11.6 Å². The number of hydrogen-bond acceptors (Lipinski definition) is 2. The number of rotatable bonds is 3. The molecular formula is C19H16FNO3. The van der Waals surface area contributed by atoms with Crippen LogP contribution in [0.4, 0.5) is 4.39 Å². The van der Waals surface area contributed by atoms with Gasteiger partial charge in [-0.1, -0.05) is 32.0 Å². The Bertz CT molecular complexity index is 988. The van der Waals surface area contributed by atoms with Crippen LogP contribution in [0, 0.1) is 5.82 Å². The highest BCUT2D eigenvalue weighted by molar-refractivity contribution is 5.97. The number of aromatic nitrogens is 1. The smallest absolute Gasteiger partial charge is 0.353 e. The lowest BCUT2D eigenvalue weighted by molar-refractivity contribution is 0.0685. The van der Waals surface area contributed by atoms with Crippen LogP contribution in [0.25, 0.3) is 16.5 Å². The molecular weight excluding hydrogens is 309 g/mol. The van der Waals surface area contributed by atoms with Crippen molar-refractivity contribution in [2.75, 3.05) is 0 Å². The highest BCUT2D eigenvalue weighted by atomic mass is 19.1. The molecule has 0 atom stereocenters. The predicted octanol–water partition coefficient (Wildman–Crippen LogP) is 3.95. The first-order valence-corrected chi connectivity index (χ1v) is 7.58. The summed E-state index contributed by atoms with van der Waals surface area (Å²) in [6.45, 7) is 3.77. The molecule has 0 aliphatic heterocycles. The molecule has 1 aromatic heterocycles. The molecule has 5 heteroatoms. The first kappa shape index (κ1) is 15.9. The summed E-state index contributed by atoms with van der Waals surface area (Å²) in [4.78, 5) is 24.9. The first-order chi connectivity index (χ1) is 11.4. The van der Waals surface area contributed by atoms with Crippen LogP contribution in [0.5, 0.6) is 0 Å². The van der Waals surface area contributed by atoms with Crippen LogP contribution in [-0.2, 0) is 0 Å². The number of benzene rings is 2. The van der Waals surface area contributed by atoms with Gasteiger partial charge in [-0.3, -0.25) is 9.36 Å². The molecule has 0 bridgehead atoms. The van der Waals surface area contributed by atoms with E-state index in [1.807, 2.05) is 13.8 Å². The van der Waals surface area contributed by atoms with Crippen molar-refractivity contribution in [3.05, 3.63) is 76.0 Å². The van der Waals surface area contributed by atoms with E-state index in [4.69, 9.17) is 0 Å². The molecule has 0 unspecified atom stereocenters. The number of aromatic carboxylic acids is 1. The zero-order valence-electron chi connectivity index (χ0n) is 13.3. The van der Waals surface area contributed by atoms with Gasteiger partial charge in [-0.15, -0.1) is 0 Å². The number of pyridine rings is 1. The highest BCUT2D eigenvalue weighted by Crippen LogP contribution is 2.28. The summed E-state index contributed by atoms with van der Waals surface area (Å²) < 4.78 is 14.4. The summed E-state index contributed by atoms with van der Waals surface area (Å²) >= 11 is 0. The topological polar surface area (TPSA) is 59.3 Å². The second kappa shape index (κ2) is 5.92. The Balaban J connectivity index is 2.54. The lowest BCUT2D eigenvalue weighted by Gasteiger charge is -2.19. The molecule has 0 saturated heterocycles. The van der Waals surface area contributed by atoms with Crippen LogP contribution >= 0.6 is 0 Å². The first-order valence-electron chi connectivity index (χ1n) is 7.58. The van der Waals surface area contributed by atoms with Crippen molar-refractivity contribution in [1.29, 1.82) is 0 Å². The Labute approximate surface area is 137 Å². The number of carboxylic acids is 1. The van der Waals surface area contributed by atoms with Crippen LogP contribution < -0.4 is 5.56 Å². The van der Waals surface area contributed by atoms with E-state index in [9.17, 15) is 19.1 Å². The third kappa shape index (κ3) is 2.48. The summed E-state index contributed by atoms with van der Waals surface area (Å²) in [6, 6.07) is 12.2. The van der Waals surface area contributed by atoms with Gasteiger partial charge in [0.2, 0.25) is 0 Å². The van der Waals surface area contributed by atoms with Crippen LogP contribution in [-0.4, -0.2) is 15.6 Å². The number of carbonyl (C=O) groups is 1. The van der Waals surface area contributed by atoms with Crippen molar-refractivity contribution in [2.24, 2.45) is 0 Å². The van der Waals surface area contributed by atoms with Crippen LogP contribution in [0.3, 0.4) is 0 Å². The van der Waals surface area contributed by atoms with Gasteiger partial charge >= 0.3 is 5.97 Å². The van der Waals surface area contributed by atoms with Gasteiger partial charge in [-0.2, -0.15) is 0 Å². The molecule has 0 aliphatic rings. The Kier molecular flexibility index (Phi) is 3.93. The van der Waals surface area contributed by atoms with Crippen molar-refractivity contribution >= 4 is 16.7 Å². The van der Waals surface area contributed by atoms with E-state index in [1.54, 1.807) is 24.3 Å². The van der Waals surface area contributed by atoms with E-state index >= 15 is 0 Å². The number of carboxylic acid groups (broad SMARTS) is 1. The standard InChI is InChI=1S/C19H16FNO3/c1-11(2)16-14-5-3-4-6-15(14)18(22)21(17(16)19(23)24)13-9-7-12(20)8-10-13/h3-11H,1-2H3,(H,23,24). The Morgan fingerprint density at radius 2 is 1.62 bits per heavy atom. The largest absolute Gasteiger partial charge is 0.477 e. The van der Waals surface area contributed by atoms with Crippen LogP contribution in [0.15, 0.2) is 53.3 Å². The maximum absolute atomic E-state index is 13.2. The SMILES string of the molecule is CC(C)c1c(C(=O)O)n(-c2ccc(F)cc2)c(=O)c2ccccc12. The molecule has 24 heavy (non-hydrogen) atoms. The van der Waals surface area contributed by atoms with Crippen molar-refractivity contribution in [3.63, 3.8) is 0 Å². The molecule has 0 aliphatic carbocycles. The summed E-state index contributed by atoms with van der Waals surface area (Å²) in [5.74, 6) is -1.74. The van der Waals surface area contributed by atoms with Gasteiger partial charge in [0.1, 0.15) is 11.5 Å². The molecule has 2 aromatic carbocycles. The average Bonchev–Trinajstić information content (AvgIpc) is 2.55. The van der Waals surface area contributed by atoms with E-state index in [0.29, 0.717) is 22.0 Å². The Morgan fingerprint density at radius 3 is 2.17 bits per heavy atom. The zero-order chi connectivity index (χ0) is 17.4. The fourth-order valence-corrected chi connectivity index (χ4v) is 3.01. The highest BCUT2D eigenvalue weighted by Gasteiger charge is 2.24. The van der Waals surface area contributed by atoms with Crippen molar-refractivity contribution in [3.8, 4) is 5.69 Å².